The van der Waals surface area contributed by atoms with Gasteiger partial charge in [-0.15, -0.1) is 5.10 Å². The van der Waals surface area contributed by atoms with E-state index in [0.29, 0.717) is 17.5 Å². The van der Waals surface area contributed by atoms with Crippen LogP contribution in [-0.4, -0.2) is 42.2 Å². The van der Waals surface area contributed by atoms with E-state index in [0.717, 1.165) is 12.1 Å². The van der Waals surface area contributed by atoms with Gasteiger partial charge in [-0.1, -0.05) is 11.8 Å². The molecule has 80 valence electrons. The molecule has 0 atom stereocenters. The lowest BCUT2D eigenvalue weighted by molar-refractivity contribution is 0.590. The van der Waals surface area contributed by atoms with E-state index in [9.17, 15) is 8.42 Å². The molecule has 0 saturated carbocycles. The van der Waals surface area contributed by atoms with Crippen molar-refractivity contribution in [2.45, 2.75) is 12.1 Å². The molecule has 0 spiro atoms. The molecule has 14 heavy (non-hydrogen) atoms. The molecule has 0 unspecified atom stereocenters. The topological polar surface area (TPSA) is 87.7 Å². The summed E-state index contributed by atoms with van der Waals surface area (Å²) >= 11 is 1.40. The molecule has 2 N–H and O–H groups in total. The Balaban J connectivity index is 2.23. The van der Waals surface area contributed by atoms with Crippen LogP contribution < -0.4 is 4.72 Å². The van der Waals surface area contributed by atoms with Gasteiger partial charge in [-0.2, -0.15) is 0 Å². The Morgan fingerprint density at radius 3 is 2.79 bits per heavy atom. The van der Waals surface area contributed by atoms with Gasteiger partial charge in [0.05, 0.1) is 6.26 Å². The van der Waals surface area contributed by atoms with Crippen molar-refractivity contribution < 1.29 is 8.42 Å². The SMILES string of the molecule is Cc1nc(SCCNS(C)(=O)=O)n[nH]1. The molecule has 1 aromatic heterocycles. The maximum atomic E-state index is 10.7. The fourth-order valence-electron chi connectivity index (χ4n) is 0.756. The lowest BCUT2D eigenvalue weighted by Crippen LogP contribution is -2.24. The molecule has 0 fully saturated rings. The van der Waals surface area contributed by atoms with Crippen molar-refractivity contribution in [3.8, 4) is 0 Å². The molecule has 0 amide bonds. The Hall–Kier alpha value is -0.600. The minimum atomic E-state index is -3.09. The number of nitrogens with one attached hydrogen (secondary N) is 2. The molecule has 0 aliphatic heterocycles. The average Bonchev–Trinajstić information content (AvgIpc) is 2.44. The third-order valence-corrected chi connectivity index (χ3v) is 2.85. The molecule has 1 heterocycles. The van der Waals surface area contributed by atoms with Gasteiger partial charge in [0.2, 0.25) is 15.2 Å². The molecule has 0 bridgehead atoms. The molecule has 0 aliphatic rings. The third-order valence-electron chi connectivity index (χ3n) is 1.27. The summed E-state index contributed by atoms with van der Waals surface area (Å²) in [7, 11) is -3.09. The second-order valence-electron chi connectivity index (χ2n) is 2.72. The highest BCUT2D eigenvalue weighted by Gasteiger charge is 2.02. The van der Waals surface area contributed by atoms with Crippen LogP contribution in [0.2, 0.25) is 0 Å². The zero-order valence-electron chi connectivity index (χ0n) is 7.94. The summed E-state index contributed by atoms with van der Waals surface area (Å²) in [5.74, 6) is 1.37. The van der Waals surface area contributed by atoms with E-state index in [1.807, 2.05) is 6.92 Å². The molecule has 1 rings (SSSR count). The molecular formula is C6H12N4O2S2. The van der Waals surface area contributed by atoms with Crippen molar-refractivity contribution in [1.29, 1.82) is 0 Å². The molecule has 0 aromatic carbocycles. The largest absolute Gasteiger partial charge is 0.262 e. The van der Waals surface area contributed by atoms with Crippen LogP contribution in [0.15, 0.2) is 5.16 Å². The van der Waals surface area contributed by atoms with E-state index in [4.69, 9.17) is 0 Å². The number of thioether (sulfide) groups is 1. The van der Waals surface area contributed by atoms with Gasteiger partial charge in [-0.3, -0.25) is 5.10 Å². The standard InChI is InChI=1S/C6H12N4O2S2/c1-5-8-6(10-9-5)13-4-3-7-14(2,11)12/h7H,3-4H2,1-2H3,(H,8,9,10). The summed E-state index contributed by atoms with van der Waals surface area (Å²) in [4.78, 5) is 4.06. The molecule has 6 nitrogen and oxygen atoms in total. The predicted octanol–water partition coefficient (Wildman–Crippen LogP) is -0.246. The predicted molar refractivity (Wildman–Crippen MR) is 54.7 cm³/mol. The Bertz CT molecular complexity index is 386. The number of aryl methyl sites for hydroxylation is 1. The fourth-order valence-corrected chi connectivity index (χ4v) is 2.06. The zero-order valence-corrected chi connectivity index (χ0v) is 9.57. The van der Waals surface area contributed by atoms with E-state index in [-0.39, 0.29) is 0 Å². The number of H-pyrrole nitrogens is 1. The van der Waals surface area contributed by atoms with Crippen LogP contribution in [0, 0.1) is 6.92 Å². The van der Waals surface area contributed by atoms with Gasteiger partial charge in [0.1, 0.15) is 5.82 Å². The van der Waals surface area contributed by atoms with Crippen molar-refractivity contribution in [2.24, 2.45) is 0 Å². The molecular weight excluding hydrogens is 224 g/mol. The lowest BCUT2D eigenvalue weighted by Gasteiger charge is -1.98. The average molecular weight is 236 g/mol. The van der Waals surface area contributed by atoms with Crippen LogP contribution >= 0.6 is 11.8 Å². The van der Waals surface area contributed by atoms with E-state index in [2.05, 4.69) is 19.9 Å². The normalized spacial score (nSPS) is 11.9. The number of sulfonamides is 1. The summed E-state index contributed by atoms with van der Waals surface area (Å²) in [6.45, 7) is 2.20. The quantitative estimate of drug-likeness (QED) is 0.544. The van der Waals surface area contributed by atoms with E-state index >= 15 is 0 Å². The summed E-state index contributed by atoms with van der Waals surface area (Å²) in [6, 6.07) is 0. The minimum Gasteiger partial charge on any atom is -0.262 e. The van der Waals surface area contributed by atoms with Crippen molar-refractivity contribution in [1.82, 2.24) is 19.9 Å². The van der Waals surface area contributed by atoms with E-state index in [1.54, 1.807) is 0 Å². The van der Waals surface area contributed by atoms with Gasteiger partial charge >= 0.3 is 0 Å². The van der Waals surface area contributed by atoms with Crippen LogP contribution in [0.25, 0.3) is 0 Å². The maximum absolute atomic E-state index is 10.7. The maximum Gasteiger partial charge on any atom is 0.208 e. The molecule has 0 saturated heterocycles. The number of aromatic amines is 1. The Morgan fingerprint density at radius 2 is 2.29 bits per heavy atom. The van der Waals surface area contributed by atoms with Crippen LogP contribution in [0.3, 0.4) is 0 Å². The second-order valence-corrected chi connectivity index (χ2v) is 5.61. The van der Waals surface area contributed by atoms with Crippen molar-refractivity contribution >= 4 is 21.8 Å². The number of hydrogen-bond donors (Lipinski definition) is 2. The summed E-state index contributed by atoms with van der Waals surface area (Å²) in [5.41, 5.74) is 0. The minimum absolute atomic E-state index is 0.386. The van der Waals surface area contributed by atoms with Crippen molar-refractivity contribution in [3.63, 3.8) is 0 Å². The zero-order chi connectivity index (χ0) is 10.6. The second kappa shape index (κ2) is 4.76. The van der Waals surface area contributed by atoms with Gasteiger partial charge in [-0.25, -0.2) is 18.1 Å². The first-order valence-corrected chi connectivity index (χ1v) is 6.81. The number of rotatable bonds is 5. The first kappa shape index (κ1) is 11.5. The lowest BCUT2D eigenvalue weighted by atomic mass is 10.8. The van der Waals surface area contributed by atoms with E-state index < -0.39 is 10.0 Å². The van der Waals surface area contributed by atoms with Gasteiger partial charge < -0.3 is 0 Å². The van der Waals surface area contributed by atoms with Crippen LogP contribution in [-0.2, 0) is 10.0 Å². The Morgan fingerprint density at radius 1 is 1.57 bits per heavy atom. The first-order chi connectivity index (χ1) is 6.47. The molecule has 1 aromatic rings. The molecule has 0 aliphatic carbocycles. The van der Waals surface area contributed by atoms with Crippen LogP contribution in [0.4, 0.5) is 0 Å². The van der Waals surface area contributed by atoms with Gasteiger partial charge in [-0.05, 0) is 6.92 Å². The molecule has 8 heteroatoms. The van der Waals surface area contributed by atoms with Crippen molar-refractivity contribution in [2.75, 3.05) is 18.6 Å². The molecule has 0 radical (unpaired) electrons. The monoisotopic (exact) mass is 236 g/mol. The highest BCUT2D eigenvalue weighted by atomic mass is 32.2. The number of hydrogen-bond acceptors (Lipinski definition) is 5. The fraction of sp³-hybridized carbons (Fsp3) is 0.667. The van der Waals surface area contributed by atoms with Gasteiger partial charge in [0.25, 0.3) is 0 Å². The van der Waals surface area contributed by atoms with Crippen LogP contribution in [0.1, 0.15) is 5.82 Å². The number of aromatic nitrogens is 3. The highest BCUT2D eigenvalue weighted by Crippen LogP contribution is 2.10. The number of nitrogens with zero attached hydrogens (tertiary/aromatic N) is 2. The Kier molecular flexibility index (Phi) is 3.90. The smallest absolute Gasteiger partial charge is 0.208 e. The van der Waals surface area contributed by atoms with Gasteiger partial charge in [0.15, 0.2) is 0 Å². The summed E-state index contributed by atoms with van der Waals surface area (Å²) in [5, 5.41) is 7.24. The van der Waals surface area contributed by atoms with E-state index in [1.165, 1.54) is 11.8 Å². The van der Waals surface area contributed by atoms with Crippen LogP contribution in [0.5, 0.6) is 0 Å². The third kappa shape index (κ3) is 4.58. The van der Waals surface area contributed by atoms with Gasteiger partial charge in [0, 0.05) is 12.3 Å². The summed E-state index contributed by atoms with van der Waals surface area (Å²) in [6.07, 6.45) is 1.13. The Labute approximate surface area is 86.9 Å². The first-order valence-electron chi connectivity index (χ1n) is 3.94. The van der Waals surface area contributed by atoms with Crippen molar-refractivity contribution in [3.05, 3.63) is 5.82 Å². The summed E-state index contributed by atoms with van der Waals surface area (Å²) < 4.78 is 23.8. The highest BCUT2D eigenvalue weighted by molar-refractivity contribution is 7.99.